The third-order valence-corrected chi connectivity index (χ3v) is 4.80. The smallest absolute Gasteiger partial charge is 0.0363 e. The summed E-state index contributed by atoms with van der Waals surface area (Å²) in [5, 5.41) is 3.51. The highest BCUT2D eigenvalue weighted by molar-refractivity contribution is 5.47. The molecule has 0 saturated carbocycles. The van der Waals surface area contributed by atoms with Gasteiger partial charge in [-0.3, -0.25) is 0 Å². The van der Waals surface area contributed by atoms with Crippen LogP contribution in [0, 0.1) is 5.41 Å². The Morgan fingerprint density at radius 3 is 2.30 bits per heavy atom. The van der Waals surface area contributed by atoms with Gasteiger partial charge in [-0.1, -0.05) is 32.4 Å². The number of hydrogen-bond acceptors (Lipinski definition) is 2. The Hall–Kier alpha value is -1.02. The zero-order valence-electron chi connectivity index (χ0n) is 13.4. The van der Waals surface area contributed by atoms with E-state index in [1.165, 1.54) is 56.6 Å². The number of piperidine rings is 1. The molecule has 0 radical (unpaired) electrons. The van der Waals surface area contributed by atoms with Crippen LogP contribution in [0.5, 0.6) is 0 Å². The summed E-state index contributed by atoms with van der Waals surface area (Å²) in [7, 11) is 2.25. The van der Waals surface area contributed by atoms with Crippen LogP contribution < -0.4 is 10.2 Å². The van der Waals surface area contributed by atoms with Gasteiger partial charge in [0.05, 0.1) is 0 Å². The molecule has 1 N–H and O–H groups in total. The van der Waals surface area contributed by atoms with E-state index in [0.717, 1.165) is 6.42 Å². The van der Waals surface area contributed by atoms with Crippen molar-refractivity contribution in [3.8, 4) is 0 Å². The molecule has 2 nitrogen and oxygen atoms in total. The Balaban J connectivity index is 2.04. The molecule has 1 fully saturated rings. The van der Waals surface area contributed by atoms with E-state index < -0.39 is 0 Å². The van der Waals surface area contributed by atoms with Crippen LogP contribution in [-0.2, 0) is 6.42 Å². The highest BCUT2D eigenvalue weighted by atomic mass is 15.1. The summed E-state index contributed by atoms with van der Waals surface area (Å²) in [6, 6.07) is 9.08. The lowest BCUT2D eigenvalue weighted by Gasteiger charge is -2.41. The first-order chi connectivity index (χ1) is 9.69. The van der Waals surface area contributed by atoms with Gasteiger partial charge in [0, 0.05) is 19.3 Å². The van der Waals surface area contributed by atoms with Crippen molar-refractivity contribution in [2.75, 3.05) is 31.6 Å². The number of hydrogen-bond donors (Lipinski definition) is 1. The Kier molecular flexibility index (Phi) is 5.47. The molecule has 0 aliphatic carbocycles. The predicted octanol–water partition coefficient (Wildman–Crippen LogP) is 3.86. The van der Waals surface area contributed by atoms with Crippen molar-refractivity contribution in [2.24, 2.45) is 5.41 Å². The zero-order chi connectivity index (χ0) is 14.4. The summed E-state index contributed by atoms with van der Waals surface area (Å²) >= 11 is 0. The molecule has 1 heterocycles. The molecule has 112 valence electrons. The lowest BCUT2D eigenvalue weighted by atomic mass is 9.75. The first kappa shape index (κ1) is 15.4. The Morgan fingerprint density at radius 1 is 1.10 bits per heavy atom. The Labute approximate surface area is 124 Å². The van der Waals surface area contributed by atoms with Crippen molar-refractivity contribution in [3.05, 3.63) is 29.8 Å². The molecule has 2 heteroatoms. The monoisotopic (exact) mass is 274 g/mol. The molecule has 1 aliphatic rings. The topological polar surface area (TPSA) is 15.3 Å². The van der Waals surface area contributed by atoms with Crippen LogP contribution in [0.4, 0.5) is 5.69 Å². The van der Waals surface area contributed by atoms with Crippen molar-refractivity contribution in [1.29, 1.82) is 0 Å². The van der Waals surface area contributed by atoms with E-state index in [9.17, 15) is 0 Å². The summed E-state index contributed by atoms with van der Waals surface area (Å²) in [5.41, 5.74) is 3.29. The largest absolute Gasteiger partial charge is 0.374 e. The maximum atomic E-state index is 3.51. The number of rotatable bonds is 6. The van der Waals surface area contributed by atoms with Crippen LogP contribution in [0.15, 0.2) is 24.3 Å². The average Bonchev–Trinajstić information content (AvgIpc) is 2.48. The van der Waals surface area contributed by atoms with E-state index in [2.05, 4.69) is 55.4 Å². The van der Waals surface area contributed by atoms with Gasteiger partial charge in [-0.15, -0.1) is 0 Å². The van der Waals surface area contributed by atoms with Gasteiger partial charge in [0.15, 0.2) is 0 Å². The lowest BCUT2D eigenvalue weighted by Crippen LogP contribution is -2.43. The highest BCUT2D eigenvalue weighted by Gasteiger charge is 2.32. The second kappa shape index (κ2) is 7.12. The molecule has 1 aromatic carbocycles. The molecule has 1 aliphatic heterocycles. The molecule has 0 bridgehead atoms. The fourth-order valence-electron chi connectivity index (χ4n) is 3.56. The lowest BCUT2D eigenvalue weighted by molar-refractivity contribution is 0.190. The minimum absolute atomic E-state index is 0.512. The maximum Gasteiger partial charge on any atom is 0.0363 e. The molecule has 0 spiro atoms. The van der Waals surface area contributed by atoms with Gasteiger partial charge in [-0.25, -0.2) is 0 Å². The van der Waals surface area contributed by atoms with Crippen LogP contribution in [0.3, 0.4) is 0 Å². The van der Waals surface area contributed by atoms with E-state index >= 15 is 0 Å². The fourth-order valence-corrected chi connectivity index (χ4v) is 3.56. The minimum atomic E-state index is 0.512. The number of aryl methyl sites for hydroxylation is 1. The van der Waals surface area contributed by atoms with Crippen molar-refractivity contribution in [1.82, 2.24) is 5.32 Å². The number of benzene rings is 1. The van der Waals surface area contributed by atoms with Crippen LogP contribution in [0.1, 0.15) is 45.1 Å². The standard InChI is InChI=1S/C18H30N2/c1-4-10-18(11-13-19-14-12-18)15-20(3)17-8-6-16(5-2)7-9-17/h6-9,19H,4-5,10-15H2,1-3H3. The summed E-state index contributed by atoms with van der Waals surface area (Å²) < 4.78 is 0. The van der Waals surface area contributed by atoms with E-state index in [0.29, 0.717) is 5.41 Å². The Morgan fingerprint density at radius 2 is 1.75 bits per heavy atom. The molecule has 0 unspecified atom stereocenters. The molecular weight excluding hydrogens is 244 g/mol. The van der Waals surface area contributed by atoms with E-state index in [-0.39, 0.29) is 0 Å². The molecule has 1 saturated heterocycles. The van der Waals surface area contributed by atoms with E-state index in [1.807, 2.05) is 0 Å². The minimum Gasteiger partial charge on any atom is -0.374 e. The third kappa shape index (κ3) is 3.76. The number of nitrogens with one attached hydrogen (secondary N) is 1. The summed E-state index contributed by atoms with van der Waals surface area (Å²) in [5.74, 6) is 0. The van der Waals surface area contributed by atoms with Crippen molar-refractivity contribution < 1.29 is 0 Å². The van der Waals surface area contributed by atoms with Gasteiger partial charge in [0.1, 0.15) is 0 Å². The van der Waals surface area contributed by atoms with E-state index in [4.69, 9.17) is 0 Å². The SMILES string of the molecule is CCCC1(CN(C)c2ccc(CC)cc2)CCNCC1. The van der Waals surface area contributed by atoms with Gasteiger partial charge in [0.2, 0.25) is 0 Å². The predicted molar refractivity (Wildman–Crippen MR) is 88.5 cm³/mol. The van der Waals surface area contributed by atoms with Gasteiger partial charge in [0.25, 0.3) is 0 Å². The highest BCUT2D eigenvalue weighted by Crippen LogP contribution is 2.35. The number of anilines is 1. The number of nitrogens with zero attached hydrogens (tertiary/aromatic N) is 1. The Bertz CT molecular complexity index is 385. The first-order valence-electron chi connectivity index (χ1n) is 8.20. The molecular formula is C18H30N2. The quantitative estimate of drug-likeness (QED) is 0.847. The van der Waals surface area contributed by atoms with Crippen molar-refractivity contribution in [2.45, 2.75) is 46.0 Å². The first-order valence-corrected chi connectivity index (χ1v) is 8.20. The van der Waals surface area contributed by atoms with Crippen molar-refractivity contribution >= 4 is 5.69 Å². The summed E-state index contributed by atoms with van der Waals surface area (Å²) in [4.78, 5) is 2.46. The van der Waals surface area contributed by atoms with Gasteiger partial charge >= 0.3 is 0 Å². The summed E-state index contributed by atoms with van der Waals surface area (Å²) in [6.45, 7) is 8.09. The molecule has 20 heavy (non-hydrogen) atoms. The molecule has 0 amide bonds. The van der Waals surface area contributed by atoms with Crippen molar-refractivity contribution in [3.63, 3.8) is 0 Å². The van der Waals surface area contributed by atoms with Crippen LogP contribution in [-0.4, -0.2) is 26.7 Å². The van der Waals surface area contributed by atoms with Crippen LogP contribution >= 0.6 is 0 Å². The maximum absolute atomic E-state index is 3.51. The second-order valence-corrected chi connectivity index (χ2v) is 6.38. The molecule has 1 aromatic rings. The average molecular weight is 274 g/mol. The van der Waals surface area contributed by atoms with Gasteiger partial charge in [-0.05, 0) is 61.9 Å². The summed E-state index contributed by atoms with van der Waals surface area (Å²) in [6.07, 6.45) is 6.40. The third-order valence-electron chi connectivity index (χ3n) is 4.80. The normalized spacial score (nSPS) is 17.9. The van der Waals surface area contributed by atoms with Crippen LogP contribution in [0.25, 0.3) is 0 Å². The molecule has 0 aromatic heterocycles. The van der Waals surface area contributed by atoms with E-state index in [1.54, 1.807) is 0 Å². The zero-order valence-corrected chi connectivity index (χ0v) is 13.4. The van der Waals surface area contributed by atoms with Gasteiger partial charge < -0.3 is 10.2 Å². The second-order valence-electron chi connectivity index (χ2n) is 6.38. The van der Waals surface area contributed by atoms with Gasteiger partial charge in [-0.2, -0.15) is 0 Å². The fraction of sp³-hybridized carbons (Fsp3) is 0.667. The molecule has 0 atom stereocenters. The van der Waals surface area contributed by atoms with Crippen LogP contribution in [0.2, 0.25) is 0 Å². The molecule has 2 rings (SSSR count).